The van der Waals surface area contributed by atoms with Gasteiger partial charge in [-0.15, -0.1) is 0 Å². The SMILES string of the molecule is COCCONC(=O)Cc1ccn[nH]1. The molecule has 1 aromatic rings. The molecule has 0 spiro atoms. The number of aromatic nitrogens is 2. The van der Waals surface area contributed by atoms with E-state index in [-0.39, 0.29) is 12.3 Å². The summed E-state index contributed by atoms with van der Waals surface area (Å²) in [5.41, 5.74) is 3.04. The summed E-state index contributed by atoms with van der Waals surface area (Å²) >= 11 is 0. The molecule has 1 aromatic heterocycles. The molecule has 0 aliphatic heterocycles. The molecule has 14 heavy (non-hydrogen) atoms. The van der Waals surface area contributed by atoms with Gasteiger partial charge in [-0.25, -0.2) is 5.48 Å². The number of hydrogen-bond donors (Lipinski definition) is 2. The fraction of sp³-hybridized carbons (Fsp3) is 0.500. The average molecular weight is 199 g/mol. The summed E-state index contributed by atoms with van der Waals surface area (Å²) in [6.07, 6.45) is 1.82. The van der Waals surface area contributed by atoms with Crippen LogP contribution in [-0.2, 0) is 20.8 Å². The van der Waals surface area contributed by atoms with Gasteiger partial charge in [0.1, 0.15) is 0 Å². The first-order valence-corrected chi connectivity index (χ1v) is 4.20. The van der Waals surface area contributed by atoms with Crippen LogP contribution < -0.4 is 5.48 Å². The van der Waals surface area contributed by atoms with Crippen molar-refractivity contribution in [1.29, 1.82) is 0 Å². The summed E-state index contributed by atoms with van der Waals surface area (Å²) in [7, 11) is 1.57. The first-order valence-electron chi connectivity index (χ1n) is 4.20. The number of nitrogens with zero attached hydrogens (tertiary/aromatic N) is 1. The first-order chi connectivity index (χ1) is 6.83. The Morgan fingerprint density at radius 1 is 1.64 bits per heavy atom. The largest absolute Gasteiger partial charge is 0.382 e. The Hall–Kier alpha value is -1.40. The maximum Gasteiger partial charge on any atom is 0.249 e. The Morgan fingerprint density at radius 2 is 2.50 bits per heavy atom. The van der Waals surface area contributed by atoms with Gasteiger partial charge in [0.05, 0.1) is 19.6 Å². The number of H-pyrrole nitrogens is 1. The predicted octanol–water partition coefficient (Wildman–Crippen LogP) is -0.354. The third-order valence-corrected chi connectivity index (χ3v) is 1.48. The number of nitrogens with one attached hydrogen (secondary N) is 2. The van der Waals surface area contributed by atoms with Gasteiger partial charge >= 0.3 is 0 Å². The number of carbonyl (C=O) groups excluding carboxylic acids is 1. The Kier molecular flexibility index (Phi) is 4.66. The molecule has 0 aliphatic carbocycles. The Morgan fingerprint density at radius 3 is 3.14 bits per heavy atom. The van der Waals surface area contributed by atoms with Crippen LogP contribution in [0.15, 0.2) is 12.3 Å². The smallest absolute Gasteiger partial charge is 0.249 e. The predicted molar refractivity (Wildman–Crippen MR) is 48.3 cm³/mol. The number of hydroxylamine groups is 1. The van der Waals surface area contributed by atoms with Gasteiger partial charge in [-0.3, -0.25) is 14.7 Å². The molecule has 1 amide bonds. The quantitative estimate of drug-likeness (QED) is 0.485. The molecule has 78 valence electrons. The van der Waals surface area contributed by atoms with E-state index < -0.39 is 0 Å². The van der Waals surface area contributed by atoms with E-state index in [9.17, 15) is 4.79 Å². The second-order valence-electron chi connectivity index (χ2n) is 2.63. The minimum Gasteiger partial charge on any atom is -0.382 e. The highest BCUT2D eigenvalue weighted by Crippen LogP contribution is 1.92. The lowest BCUT2D eigenvalue weighted by molar-refractivity contribution is -0.133. The van der Waals surface area contributed by atoms with Crippen LogP contribution in [0.1, 0.15) is 5.69 Å². The number of hydrogen-bond acceptors (Lipinski definition) is 4. The first kappa shape index (κ1) is 10.7. The van der Waals surface area contributed by atoms with Crippen LogP contribution in [-0.4, -0.2) is 36.4 Å². The van der Waals surface area contributed by atoms with Crippen molar-refractivity contribution in [2.24, 2.45) is 0 Å². The number of amides is 1. The van der Waals surface area contributed by atoms with Gasteiger partial charge in [-0.1, -0.05) is 0 Å². The zero-order valence-electron chi connectivity index (χ0n) is 7.95. The van der Waals surface area contributed by atoms with Gasteiger partial charge in [-0.2, -0.15) is 5.10 Å². The van der Waals surface area contributed by atoms with E-state index in [1.807, 2.05) is 0 Å². The van der Waals surface area contributed by atoms with Crippen molar-refractivity contribution in [3.8, 4) is 0 Å². The Bertz CT molecular complexity index is 261. The molecular weight excluding hydrogens is 186 g/mol. The van der Waals surface area contributed by atoms with Crippen molar-refractivity contribution in [1.82, 2.24) is 15.7 Å². The molecule has 0 unspecified atom stereocenters. The highest BCUT2D eigenvalue weighted by molar-refractivity contribution is 5.76. The average Bonchev–Trinajstić information content (AvgIpc) is 2.65. The lowest BCUT2D eigenvalue weighted by Gasteiger charge is -2.03. The van der Waals surface area contributed by atoms with Crippen molar-refractivity contribution >= 4 is 5.91 Å². The molecule has 0 aromatic carbocycles. The monoisotopic (exact) mass is 199 g/mol. The van der Waals surface area contributed by atoms with E-state index in [2.05, 4.69) is 15.7 Å². The normalized spacial score (nSPS) is 10.1. The highest BCUT2D eigenvalue weighted by Gasteiger charge is 2.03. The summed E-state index contributed by atoms with van der Waals surface area (Å²) in [4.78, 5) is 16.0. The maximum atomic E-state index is 11.1. The van der Waals surface area contributed by atoms with E-state index in [1.165, 1.54) is 0 Å². The van der Waals surface area contributed by atoms with Crippen LogP contribution >= 0.6 is 0 Å². The van der Waals surface area contributed by atoms with Crippen molar-refractivity contribution in [3.63, 3.8) is 0 Å². The van der Waals surface area contributed by atoms with Gasteiger partial charge in [0.2, 0.25) is 5.91 Å². The molecular formula is C8H13N3O3. The number of carbonyl (C=O) groups is 1. The van der Waals surface area contributed by atoms with Crippen LogP contribution in [0.3, 0.4) is 0 Å². The molecule has 0 fully saturated rings. The molecule has 1 rings (SSSR count). The molecule has 0 bridgehead atoms. The van der Waals surface area contributed by atoms with E-state index in [1.54, 1.807) is 19.4 Å². The molecule has 0 atom stereocenters. The summed E-state index contributed by atoms with van der Waals surface area (Å²) in [6.45, 7) is 0.787. The number of rotatable bonds is 6. The molecule has 0 aliphatic rings. The lowest BCUT2D eigenvalue weighted by atomic mass is 10.3. The number of methoxy groups -OCH3 is 1. The standard InChI is InChI=1S/C8H13N3O3/c1-13-4-5-14-11-8(12)6-7-2-3-9-10-7/h2-3H,4-6H2,1H3,(H,9,10)(H,11,12). The van der Waals surface area contributed by atoms with Gasteiger partial charge in [0.25, 0.3) is 0 Å². The van der Waals surface area contributed by atoms with Crippen molar-refractivity contribution in [3.05, 3.63) is 18.0 Å². The van der Waals surface area contributed by atoms with Gasteiger partial charge in [0.15, 0.2) is 0 Å². The topological polar surface area (TPSA) is 76.2 Å². The summed E-state index contributed by atoms with van der Waals surface area (Å²) in [5, 5.41) is 6.40. The van der Waals surface area contributed by atoms with Gasteiger partial charge in [-0.05, 0) is 6.07 Å². The maximum absolute atomic E-state index is 11.1. The summed E-state index contributed by atoms with van der Waals surface area (Å²) in [5.74, 6) is -0.217. The van der Waals surface area contributed by atoms with Crippen LogP contribution in [0, 0.1) is 0 Å². The fourth-order valence-electron chi connectivity index (χ4n) is 0.849. The van der Waals surface area contributed by atoms with Gasteiger partial charge < -0.3 is 4.74 Å². The van der Waals surface area contributed by atoms with Crippen molar-refractivity contribution in [2.45, 2.75) is 6.42 Å². The van der Waals surface area contributed by atoms with E-state index >= 15 is 0 Å². The van der Waals surface area contributed by atoms with Crippen molar-refractivity contribution in [2.75, 3.05) is 20.3 Å². The molecule has 6 nitrogen and oxygen atoms in total. The zero-order valence-corrected chi connectivity index (χ0v) is 7.95. The van der Waals surface area contributed by atoms with E-state index in [0.29, 0.717) is 13.2 Å². The summed E-state index contributed by atoms with van der Waals surface area (Å²) in [6, 6.07) is 1.73. The lowest BCUT2D eigenvalue weighted by Crippen LogP contribution is -2.27. The Balaban J connectivity index is 2.11. The fourth-order valence-corrected chi connectivity index (χ4v) is 0.849. The second kappa shape index (κ2) is 6.11. The van der Waals surface area contributed by atoms with Gasteiger partial charge in [0, 0.05) is 19.0 Å². The highest BCUT2D eigenvalue weighted by atomic mass is 16.7. The summed E-state index contributed by atoms with van der Waals surface area (Å²) < 4.78 is 4.74. The van der Waals surface area contributed by atoms with E-state index in [4.69, 9.17) is 9.57 Å². The van der Waals surface area contributed by atoms with Crippen LogP contribution in [0.25, 0.3) is 0 Å². The van der Waals surface area contributed by atoms with Crippen LogP contribution in [0.4, 0.5) is 0 Å². The second-order valence-corrected chi connectivity index (χ2v) is 2.63. The third-order valence-electron chi connectivity index (χ3n) is 1.48. The molecule has 0 saturated heterocycles. The van der Waals surface area contributed by atoms with Crippen LogP contribution in [0.5, 0.6) is 0 Å². The van der Waals surface area contributed by atoms with Crippen molar-refractivity contribution < 1.29 is 14.4 Å². The number of ether oxygens (including phenoxy) is 1. The minimum atomic E-state index is -0.217. The number of aromatic amines is 1. The molecule has 0 saturated carbocycles. The minimum absolute atomic E-state index is 0.217. The third kappa shape index (κ3) is 4.01. The molecule has 6 heteroatoms. The Labute approximate surface area is 81.5 Å². The molecule has 1 heterocycles. The van der Waals surface area contributed by atoms with E-state index in [0.717, 1.165) is 5.69 Å². The van der Waals surface area contributed by atoms with Crippen LogP contribution in [0.2, 0.25) is 0 Å². The molecule has 0 radical (unpaired) electrons. The zero-order chi connectivity index (χ0) is 10.2. The molecule has 2 N–H and O–H groups in total.